The molecule has 1 fully saturated rings. The molecule has 1 saturated heterocycles. The van der Waals surface area contributed by atoms with Crippen LogP contribution in [0.5, 0.6) is 0 Å². The number of thiophene rings is 1. The summed E-state index contributed by atoms with van der Waals surface area (Å²) in [4.78, 5) is 24.2. The number of nitrogens with zero attached hydrogens (tertiary/aromatic N) is 3. The SMILES string of the molecule is Cc1ccnc([C@H]2CN(C(=O)CCc3cccs3)CCO2)n1. The fourth-order valence-corrected chi connectivity index (χ4v) is 3.21. The van der Waals surface area contributed by atoms with Crippen molar-refractivity contribution in [2.45, 2.75) is 25.9 Å². The van der Waals surface area contributed by atoms with Crippen molar-refractivity contribution >= 4 is 17.2 Å². The van der Waals surface area contributed by atoms with Crippen LogP contribution in [0, 0.1) is 6.92 Å². The number of amides is 1. The number of hydrogen-bond acceptors (Lipinski definition) is 5. The highest BCUT2D eigenvalue weighted by atomic mass is 32.1. The van der Waals surface area contributed by atoms with Crippen molar-refractivity contribution in [2.24, 2.45) is 0 Å². The summed E-state index contributed by atoms with van der Waals surface area (Å²) < 4.78 is 5.73. The molecule has 0 spiro atoms. The first-order chi connectivity index (χ1) is 10.7. The van der Waals surface area contributed by atoms with Crippen LogP contribution in [0.25, 0.3) is 0 Å². The second-order valence-electron chi connectivity index (χ2n) is 5.33. The van der Waals surface area contributed by atoms with Crippen LogP contribution in [0.15, 0.2) is 29.8 Å². The van der Waals surface area contributed by atoms with Gasteiger partial charge < -0.3 is 9.64 Å². The first-order valence-corrected chi connectivity index (χ1v) is 8.31. The van der Waals surface area contributed by atoms with E-state index in [4.69, 9.17) is 4.74 Å². The molecule has 22 heavy (non-hydrogen) atoms. The third kappa shape index (κ3) is 3.69. The molecule has 3 rings (SSSR count). The lowest BCUT2D eigenvalue weighted by molar-refractivity contribution is -0.139. The Kier molecular flexibility index (Phi) is 4.80. The Morgan fingerprint density at radius 2 is 2.41 bits per heavy atom. The molecule has 5 nitrogen and oxygen atoms in total. The highest BCUT2D eigenvalue weighted by Gasteiger charge is 2.26. The number of rotatable bonds is 4. The number of morpholine rings is 1. The van der Waals surface area contributed by atoms with Crippen LogP contribution in [0.1, 0.15) is 28.9 Å². The second kappa shape index (κ2) is 6.98. The zero-order chi connectivity index (χ0) is 15.4. The molecule has 2 aromatic rings. The number of carbonyl (C=O) groups is 1. The third-order valence-electron chi connectivity index (χ3n) is 3.69. The molecule has 0 aromatic carbocycles. The van der Waals surface area contributed by atoms with E-state index in [0.29, 0.717) is 31.9 Å². The standard InChI is InChI=1S/C16H19N3O2S/c1-12-6-7-17-16(18-12)14-11-19(8-9-21-14)15(20)5-4-13-3-2-10-22-13/h2-3,6-7,10,14H,4-5,8-9,11H2,1H3/t14-/m1/s1. The van der Waals surface area contributed by atoms with Gasteiger partial charge in [-0.2, -0.15) is 0 Å². The molecular weight excluding hydrogens is 298 g/mol. The Morgan fingerprint density at radius 3 is 3.18 bits per heavy atom. The number of carbonyl (C=O) groups excluding carboxylic acids is 1. The van der Waals surface area contributed by atoms with Gasteiger partial charge in [0.25, 0.3) is 0 Å². The molecule has 1 amide bonds. The molecule has 0 saturated carbocycles. The molecule has 1 atom stereocenters. The summed E-state index contributed by atoms with van der Waals surface area (Å²) in [7, 11) is 0. The summed E-state index contributed by atoms with van der Waals surface area (Å²) in [5, 5.41) is 2.04. The number of ether oxygens (including phenoxy) is 1. The van der Waals surface area contributed by atoms with Crippen LogP contribution in [0.4, 0.5) is 0 Å². The maximum Gasteiger partial charge on any atom is 0.223 e. The van der Waals surface area contributed by atoms with E-state index in [0.717, 1.165) is 12.1 Å². The predicted molar refractivity (Wildman–Crippen MR) is 84.7 cm³/mol. The fourth-order valence-electron chi connectivity index (χ4n) is 2.50. The minimum absolute atomic E-state index is 0.175. The van der Waals surface area contributed by atoms with E-state index in [1.54, 1.807) is 17.5 Å². The molecule has 116 valence electrons. The maximum atomic E-state index is 12.4. The first kappa shape index (κ1) is 15.1. The van der Waals surface area contributed by atoms with E-state index in [1.165, 1.54) is 4.88 Å². The quantitative estimate of drug-likeness (QED) is 0.869. The van der Waals surface area contributed by atoms with Crippen molar-refractivity contribution in [1.82, 2.24) is 14.9 Å². The Balaban J connectivity index is 1.59. The number of aryl methyl sites for hydroxylation is 2. The molecule has 2 aromatic heterocycles. The molecular formula is C16H19N3O2S. The van der Waals surface area contributed by atoms with E-state index < -0.39 is 0 Å². The van der Waals surface area contributed by atoms with Gasteiger partial charge in [-0.3, -0.25) is 4.79 Å². The molecule has 3 heterocycles. The Labute approximate surface area is 134 Å². The summed E-state index contributed by atoms with van der Waals surface area (Å²) in [6.07, 6.45) is 2.86. The minimum atomic E-state index is -0.223. The second-order valence-corrected chi connectivity index (χ2v) is 6.37. The van der Waals surface area contributed by atoms with E-state index in [2.05, 4.69) is 16.0 Å². The van der Waals surface area contributed by atoms with Gasteiger partial charge in [0.2, 0.25) is 5.91 Å². The van der Waals surface area contributed by atoms with Crippen LogP contribution in [0.2, 0.25) is 0 Å². The molecule has 1 aliphatic rings. The molecule has 0 unspecified atom stereocenters. The van der Waals surface area contributed by atoms with Crippen LogP contribution in [0.3, 0.4) is 0 Å². The maximum absolute atomic E-state index is 12.4. The van der Waals surface area contributed by atoms with Crippen molar-refractivity contribution < 1.29 is 9.53 Å². The molecule has 1 aliphatic heterocycles. The summed E-state index contributed by atoms with van der Waals surface area (Å²) in [5.74, 6) is 0.838. The van der Waals surface area contributed by atoms with Crippen molar-refractivity contribution in [2.75, 3.05) is 19.7 Å². The summed E-state index contributed by atoms with van der Waals surface area (Å²) >= 11 is 1.70. The van der Waals surface area contributed by atoms with Gasteiger partial charge in [0.05, 0.1) is 13.2 Å². The Bertz CT molecular complexity index is 630. The normalized spacial score (nSPS) is 18.4. The molecule has 0 bridgehead atoms. The van der Waals surface area contributed by atoms with Crippen LogP contribution in [-0.4, -0.2) is 40.5 Å². The average Bonchev–Trinajstić information content (AvgIpc) is 3.06. The monoisotopic (exact) mass is 317 g/mol. The van der Waals surface area contributed by atoms with Crippen LogP contribution in [-0.2, 0) is 16.0 Å². The lowest BCUT2D eigenvalue weighted by atomic mass is 10.2. The van der Waals surface area contributed by atoms with Gasteiger partial charge in [0.1, 0.15) is 6.10 Å². The smallest absolute Gasteiger partial charge is 0.223 e. The number of aromatic nitrogens is 2. The topological polar surface area (TPSA) is 55.3 Å². The lowest BCUT2D eigenvalue weighted by Gasteiger charge is -2.32. The Morgan fingerprint density at radius 1 is 1.50 bits per heavy atom. The van der Waals surface area contributed by atoms with Crippen molar-refractivity contribution in [3.05, 3.63) is 46.2 Å². The van der Waals surface area contributed by atoms with Gasteiger partial charge >= 0.3 is 0 Å². The molecule has 0 N–H and O–H groups in total. The van der Waals surface area contributed by atoms with Gasteiger partial charge in [-0.15, -0.1) is 11.3 Å². The van der Waals surface area contributed by atoms with Gasteiger partial charge in [-0.05, 0) is 30.9 Å². The van der Waals surface area contributed by atoms with Gasteiger partial charge in [0, 0.05) is 29.7 Å². The average molecular weight is 317 g/mol. The van der Waals surface area contributed by atoms with E-state index >= 15 is 0 Å². The van der Waals surface area contributed by atoms with Gasteiger partial charge in [-0.25, -0.2) is 9.97 Å². The van der Waals surface area contributed by atoms with Crippen molar-refractivity contribution in [1.29, 1.82) is 0 Å². The Hall–Kier alpha value is -1.79. The van der Waals surface area contributed by atoms with Gasteiger partial charge in [0.15, 0.2) is 5.82 Å². The number of hydrogen-bond donors (Lipinski definition) is 0. The van der Waals surface area contributed by atoms with E-state index in [-0.39, 0.29) is 12.0 Å². The van der Waals surface area contributed by atoms with Crippen LogP contribution < -0.4 is 0 Å². The van der Waals surface area contributed by atoms with E-state index in [9.17, 15) is 4.79 Å². The fraction of sp³-hybridized carbons (Fsp3) is 0.438. The minimum Gasteiger partial charge on any atom is -0.367 e. The zero-order valence-electron chi connectivity index (χ0n) is 12.6. The largest absolute Gasteiger partial charge is 0.367 e. The zero-order valence-corrected chi connectivity index (χ0v) is 13.4. The third-order valence-corrected chi connectivity index (χ3v) is 4.62. The van der Waals surface area contributed by atoms with Crippen molar-refractivity contribution in [3.63, 3.8) is 0 Å². The van der Waals surface area contributed by atoms with Crippen LogP contribution >= 0.6 is 11.3 Å². The predicted octanol–water partition coefficient (Wildman–Crippen LogP) is 2.38. The lowest BCUT2D eigenvalue weighted by Crippen LogP contribution is -2.42. The highest BCUT2D eigenvalue weighted by molar-refractivity contribution is 7.09. The summed E-state index contributed by atoms with van der Waals surface area (Å²) in [6, 6.07) is 5.95. The summed E-state index contributed by atoms with van der Waals surface area (Å²) in [6.45, 7) is 3.64. The first-order valence-electron chi connectivity index (χ1n) is 7.43. The molecule has 0 aliphatic carbocycles. The van der Waals surface area contributed by atoms with Gasteiger partial charge in [-0.1, -0.05) is 6.07 Å². The molecule has 0 radical (unpaired) electrons. The summed E-state index contributed by atoms with van der Waals surface area (Å²) in [5.41, 5.74) is 0.912. The van der Waals surface area contributed by atoms with Crippen molar-refractivity contribution in [3.8, 4) is 0 Å². The molecule has 6 heteroatoms. The van der Waals surface area contributed by atoms with E-state index in [1.807, 2.05) is 29.3 Å². The highest BCUT2D eigenvalue weighted by Crippen LogP contribution is 2.20.